The first kappa shape index (κ1) is 22.7. The number of nitrogens with one attached hydrogen (secondary N) is 1. The van der Waals surface area contributed by atoms with E-state index in [4.69, 9.17) is 26.4 Å². The number of rotatable bonds is 5. The summed E-state index contributed by atoms with van der Waals surface area (Å²) in [6.45, 7) is 4.48. The largest absolute Gasteiger partial charge is 0.456 e. The van der Waals surface area contributed by atoms with Gasteiger partial charge in [-0.2, -0.15) is 5.10 Å². The van der Waals surface area contributed by atoms with Crippen molar-refractivity contribution < 1.29 is 4.74 Å². The van der Waals surface area contributed by atoms with Gasteiger partial charge in [0, 0.05) is 23.9 Å². The zero-order valence-electron chi connectivity index (χ0n) is 20.7. The van der Waals surface area contributed by atoms with Gasteiger partial charge < -0.3 is 14.6 Å². The fourth-order valence-electron chi connectivity index (χ4n) is 5.61. The van der Waals surface area contributed by atoms with Crippen LogP contribution in [-0.4, -0.2) is 53.7 Å². The Morgan fingerprint density at radius 2 is 1.78 bits per heavy atom. The summed E-state index contributed by atoms with van der Waals surface area (Å²) in [6, 6.07) is 10.6. The van der Waals surface area contributed by atoms with E-state index in [2.05, 4.69) is 30.7 Å². The van der Waals surface area contributed by atoms with E-state index < -0.39 is 0 Å². The Bertz CT molecular complexity index is 1600. The zero-order chi connectivity index (χ0) is 24.9. The van der Waals surface area contributed by atoms with Crippen molar-refractivity contribution in [2.45, 2.75) is 51.1 Å². The van der Waals surface area contributed by atoms with E-state index in [1.807, 2.05) is 43.5 Å². The first-order chi connectivity index (χ1) is 18.1. The van der Waals surface area contributed by atoms with Crippen LogP contribution in [0.15, 0.2) is 48.9 Å². The van der Waals surface area contributed by atoms with Gasteiger partial charge >= 0.3 is 0 Å². The van der Waals surface area contributed by atoms with E-state index in [0.717, 1.165) is 39.7 Å². The van der Waals surface area contributed by atoms with Crippen molar-refractivity contribution in [2.75, 3.05) is 13.1 Å². The van der Waals surface area contributed by atoms with Crippen LogP contribution in [0.4, 0.5) is 0 Å². The summed E-state index contributed by atoms with van der Waals surface area (Å²) in [4.78, 5) is 19.8. The number of fused-ring (bicyclic) bond motifs is 2. The predicted molar refractivity (Wildman–Crippen MR) is 144 cm³/mol. The number of H-pyrrole nitrogens is 1. The average Bonchev–Trinajstić information content (AvgIpc) is 3.51. The van der Waals surface area contributed by atoms with Gasteiger partial charge in [0.2, 0.25) is 0 Å². The standard InChI is InChI=1S/C28H28ClN7O/c1-17-32-22-8-7-21(13-24(22)33-17)37-26-10-9-23-28(27(26)29)34-25(15-30-23)18-14-31-36(16-18)20-5-3-19(4-6-20)35-11-2-12-35/h7-10,13-16,19-20H,2-6,11-12H2,1H3,(H,32,33). The van der Waals surface area contributed by atoms with Crippen LogP contribution in [0.1, 0.15) is 44.0 Å². The third-order valence-electron chi connectivity index (χ3n) is 7.76. The lowest BCUT2D eigenvalue weighted by Crippen LogP contribution is -2.46. The Labute approximate surface area is 219 Å². The Kier molecular flexibility index (Phi) is 5.59. The minimum Gasteiger partial charge on any atom is -0.456 e. The van der Waals surface area contributed by atoms with Crippen LogP contribution < -0.4 is 4.74 Å². The van der Waals surface area contributed by atoms with Gasteiger partial charge in [0.15, 0.2) is 0 Å². The summed E-state index contributed by atoms with van der Waals surface area (Å²) < 4.78 is 8.25. The van der Waals surface area contributed by atoms with Crippen molar-refractivity contribution in [3.63, 3.8) is 0 Å². The highest BCUT2D eigenvalue weighted by molar-refractivity contribution is 6.36. The maximum absolute atomic E-state index is 6.78. The van der Waals surface area contributed by atoms with Gasteiger partial charge in [-0.05, 0) is 76.4 Å². The van der Waals surface area contributed by atoms with E-state index in [0.29, 0.717) is 28.1 Å². The summed E-state index contributed by atoms with van der Waals surface area (Å²) in [5.41, 5.74) is 4.84. The van der Waals surface area contributed by atoms with Gasteiger partial charge in [-0.1, -0.05) is 11.6 Å². The third kappa shape index (κ3) is 4.24. The second-order valence-electron chi connectivity index (χ2n) is 10.2. The number of nitrogens with zero attached hydrogens (tertiary/aromatic N) is 6. The Morgan fingerprint density at radius 3 is 2.59 bits per heavy atom. The predicted octanol–water partition coefficient (Wildman–Crippen LogP) is 6.31. The second-order valence-corrected chi connectivity index (χ2v) is 10.5. The summed E-state index contributed by atoms with van der Waals surface area (Å²) in [5, 5.41) is 5.13. The van der Waals surface area contributed by atoms with Gasteiger partial charge in [-0.15, -0.1) is 0 Å². The number of ether oxygens (including phenoxy) is 1. The average molecular weight is 514 g/mol. The molecule has 1 aliphatic carbocycles. The number of hydrogen-bond acceptors (Lipinski definition) is 6. The minimum atomic E-state index is 0.435. The van der Waals surface area contributed by atoms with Crippen molar-refractivity contribution in [1.82, 2.24) is 34.6 Å². The van der Waals surface area contributed by atoms with Crippen LogP contribution in [0.5, 0.6) is 11.5 Å². The number of imidazole rings is 1. The van der Waals surface area contributed by atoms with E-state index in [9.17, 15) is 0 Å². The van der Waals surface area contributed by atoms with E-state index >= 15 is 0 Å². The van der Waals surface area contributed by atoms with Crippen LogP contribution >= 0.6 is 11.6 Å². The van der Waals surface area contributed by atoms with E-state index in [1.165, 1.54) is 45.2 Å². The number of likely N-dealkylation sites (tertiary alicyclic amines) is 1. The molecule has 37 heavy (non-hydrogen) atoms. The highest BCUT2D eigenvalue weighted by Crippen LogP contribution is 2.36. The molecule has 9 heteroatoms. The molecule has 1 saturated carbocycles. The number of hydrogen-bond donors (Lipinski definition) is 1. The minimum absolute atomic E-state index is 0.435. The molecule has 0 bridgehead atoms. The first-order valence-corrected chi connectivity index (χ1v) is 13.4. The quantitative estimate of drug-likeness (QED) is 0.296. The highest BCUT2D eigenvalue weighted by atomic mass is 35.5. The van der Waals surface area contributed by atoms with Crippen LogP contribution in [0, 0.1) is 6.92 Å². The lowest BCUT2D eigenvalue weighted by Gasteiger charge is -2.42. The number of aromatic amines is 1. The Morgan fingerprint density at radius 1 is 0.973 bits per heavy atom. The molecule has 188 valence electrons. The molecule has 0 radical (unpaired) electrons. The first-order valence-electron chi connectivity index (χ1n) is 13.0. The van der Waals surface area contributed by atoms with Crippen LogP contribution in [0.2, 0.25) is 5.02 Å². The SMILES string of the molecule is Cc1nc2ccc(Oc3ccc4ncc(-c5cnn(C6CCC(N7CCC7)CC6)c5)nc4c3Cl)cc2[nH]1. The molecule has 2 aliphatic rings. The molecule has 2 aromatic carbocycles. The molecular formula is C28H28ClN7O. The molecule has 0 atom stereocenters. The molecule has 0 spiro atoms. The number of aromatic nitrogens is 6. The van der Waals surface area contributed by atoms with Crippen LogP contribution in [-0.2, 0) is 0 Å². The van der Waals surface area contributed by atoms with Crippen LogP contribution in [0.3, 0.4) is 0 Å². The monoisotopic (exact) mass is 513 g/mol. The maximum atomic E-state index is 6.78. The smallest absolute Gasteiger partial charge is 0.148 e. The molecule has 7 rings (SSSR count). The molecule has 1 saturated heterocycles. The van der Waals surface area contributed by atoms with Crippen molar-refractivity contribution in [2.24, 2.45) is 0 Å². The Hall–Kier alpha value is -3.49. The Balaban J connectivity index is 1.12. The summed E-state index contributed by atoms with van der Waals surface area (Å²) in [5.74, 6) is 2.07. The van der Waals surface area contributed by atoms with Crippen molar-refractivity contribution in [1.29, 1.82) is 0 Å². The normalized spacial score (nSPS) is 20.4. The van der Waals surface area contributed by atoms with Gasteiger partial charge in [0.25, 0.3) is 0 Å². The molecule has 8 nitrogen and oxygen atoms in total. The zero-order valence-corrected chi connectivity index (χ0v) is 21.4. The number of benzene rings is 2. The topological polar surface area (TPSA) is 84.8 Å². The van der Waals surface area contributed by atoms with Gasteiger partial charge in [0.05, 0.1) is 40.7 Å². The van der Waals surface area contributed by atoms with E-state index in [-0.39, 0.29) is 0 Å². The molecular weight excluding hydrogens is 486 g/mol. The van der Waals surface area contributed by atoms with Gasteiger partial charge in [0.1, 0.15) is 27.9 Å². The molecule has 0 unspecified atom stereocenters. The highest BCUT2D eigenvalue weighted by Gasteiger charge is 2.29. The van der Waals surface area contributed by atoms with Crippen LogP contribution in [0.25, 0.3) is 33.3 Å². The lowest BCUT2D eigenvalue weighted by atomic mass is 9.89. The lowest BCUT2D eigenvalue weighted by molar-refractivity contribution is 0.0787. The summed E-state index contributed by atoms with van der Waals surface area (Å²) >= 11 is 6.78. The van der Waals surface area contributed by atoms with Gasteiger partial charge in [-0.3, -0.25) is 9.67 Å². The molecule has 0 amide bonds. The number of aryl methyl sites for hydroxylation is 1. The van der Waals surface area contributed by atoms with Crippen molar-refractivity contribution in [3.8, 4) is 22.8 Å². The van der Waals surface area contributed by atoms with E-state index in [1.54, 1.807) is 6.20 Å². The van der Waals surface area contributed by atoms with Crippen molar-refractivity contribution >= 4 is 33.7 Å². The van der Waals surface area contributed by atoms with Gasteiger partial charge in [-0.25, -0.2) is 9.97 Å². The summed E-state index contributed by atoms with van der Waals surface area (Å²) in [7, 11) is 0. The number of halogens is 1. The third-order valence-corrected chi connectivity index (χ3v) is 8.13. The fourth-order valence-corrected chi connectivity index (χ4v) is 5.86. The molecule has 1 N–H and O–H groups in total. The molecule has 2 fully saturated rings. The fraction of sp³-hybridized carbons (Fsp3) is 0.357. The molecule has 4 heterocycles. The molecule has 3 aromatic heterocycles. The maximum Gasteiger partial charge on any atom is 0.148 e. The van der Waals surface area contributed by atoms with Crippen molar-refractivity contribution in [3.05, 3.63) is 59.8 Å². The second kappa shape index (κ2) is 9.11. The summed E-state index contributed by atoms with van der Waals surface area (Å²) in [6.07, 6.45) is 12.0. The molecule has 5 aromatic rings. The molecule has 1 aliphatic heterocycles.